The van der Waals surface area contributed by atoms with Gasteiger partial charge in [0, 0.05) is 18.2 Å². The lowest BCUT2D eigenvalue weighted by atomic mass is 10.2. The number of hydrogen-bond acceptors (Lipinski definition) is 2. The molecule has 2 heteroatoms. The Morgan fingerprint density at radius 3 is 3.18 bits per heavy atom. The summed E-state index contributed by atoms with van der Waals surface area (Å²) >= 11 is 0. The van der Waals surface area contributed by atoms with Gasteiger partial charge in [0.25, 0.3) is 0 Å². The van der Waals surface area contributed by atoms with Crippen LogP contribution in [0.15, 0.2) is 12.1 Å². The van der Waals surface area contributed by atoms with Gasteiger partial charge in [0.15, 0.2) is 0 Å². The van der Waals surface area contributed by atoms with E-state index in [1.807, 2.05) is 13.0 Å². The van der Waals surface area contributed by atoms with Crippen molar-refractivity contribution in [2.24, 2.45) is 0 Å². The van der Waals surface area contributed by atoms with Crippen LogP contribution in [0, 0.1) is 6.92 Å². The van der Waals surface area contributed by atoms with Crippen LogP contribution in [0.3, 0.4) is 0 Å². The van der Waals surface area contributed by atoms with E-state index in [1.165, 1.54) is 11.4 Å². The molecule has 1 aliphatic heterocycles. The molecule has 58 valence electrons. The van der Waals surface area contributed by atoms with Crippen molar-refractivity contribution in [3.05, 3.63) is 23.5 Å². The van der Waals surface area contributed by atoms with Gasteiger partial charge in [-0.3, -0.25) is 4.98 Å². The molecular weight excluding hydrogens is 136 g/mol. The van der Waals surface area contributed by atoms with Crippen LogP contribution in [0.25, 0.3) is 0 Å². The molecule has 0 fully saturated rings. The topological polar surface area (TPSA) is 24.9 Å². The fourth-order valence-corrected chi connectivity index (χ4v) is 1.50. The van der Waals surface area contributed by atoms with E-state index < -0.39 is 0 Å². The molecule has 0 amide bonds. The molecule has 1 unspecified atom stereocenters. The van der Waals surface area contributed by atoms with Crippen molar-refractivity contribution in [1.82, 2.24) is 4.98 Å². The Labute approximate surface area is 66.7 Å². The third kappa shape index (κ3) is 1.09. The highest BCUT2D eigenvalue weighted by Crippen LogP contribution is 2.23. The summed E-state index contributed by atoms with van der Waals surface area (Å²) in [6.45, 7) is 4.21. The minimum Gasteiger partial charge on any atom is -0.381 e. The number of pyridine rings is 1. The van der Waals surface area contributed by atoms with Crippen LogP contribution < -0.4 is 5.32 Å². The third-order valence-electron chi connectivity index (χ3n) is 2.01. The Morgan fingerprint density at radius 1 is 1.55 bits per heavy atom. The molecule has 0 spiro atoms. The second kappa shape index (κ2) is 2.22. The number of hydrogen-bond donors (Lipinski definition) is 1. The predicted octanol–water partition coefficient (Wildman–Crippen LogP) is 1.75. The van der Waals surface area contributed by atoms with E-state index in [1.54, 1.807) is 0 Å². The quantitative estimate of drug-likeness (QED) is 0.606. The Hall–Kier alpha value is -1.05. The van der Waals surface area contributed by atoms with Crippen molar-refractivity contribution in [2.45, 2.75) is 26.3 Å². The Kier molecular flexibility index (Phi) is 1.34. The Balaban J connectivity index is 2.43. The molecule has 0 aliphatic carbocycles. The first-order chi connectivity index (χ1) is 5.25. The summed E-state index contributed by atoms with van der Waals surface area (Å²) in [5.74, 6) is 0. The van der Waals surface area contributed by atoms with Crippen molar-refractivity contribution in [3.8, 4) is 0 Å². The number of fused-ring (bicyclic) bond motifs is 1. The molecule has 11 heavy (non-hydrogen) atoms. The molecule has 0 aromatic carbocycles. The summed E-state index contributed by atoms with van der Waals surface area (Å²) in [5.41, 5.74) is 3.54. The predicted molar refractivity (Wildman–Crippen MR) is 45.8 cm³/mol. The summed E-state index contributed by atoms with van der Waals surface area (Å²) < 4.78 is 0. The van der Waals surface area contributed by atoms with Gasteiger partial charge in [-0.15, -0.1) is 0 Å². The van der Waals surface area contributed by atoms with Gasteiger partial charge in [-0.2, -0.15) is 0 Å². The minimum absolute atomic E-state index is 0.555. The van der Waals surface area contributed by atoms with Crippen LogP contribution >= 0.6 is 0 Å². The fourth-order valence-electron chi connectivity index (χ4n) is 1.50. The highest BCUT2D eigenvalue weighted by molar-refractivity contribution is 5.53. The lowest BCUT2D eigenvalue weighted by Crippen LogP contribution is -2.08. The number of rotatable bonds is 0. The van der Waals surface area contributed by atoms with Crippen molar-refractivity contribution in [3.63, 3.8) is 0 Å². The second-order valence-corrected chi connectivity index (χ2v) is 3.20. The van der Waals surface area contributed by atoms with Gasteiger partial charge < -0.3 is 5.32 Å². The van der Waals surface area contributed by atoms with E-state index >= 15 is 0 Å². The number of anilines is 1. The number of aromatic nitrogens is 1. The molecule has 1 N–H and O–H groups in total. The SMILES string of the molecule is Cc1ccc2c(n1)CC(C)N2. The summed E-state index contributed by atoms with van der Waals surface area (Å²) in [7, 11) is 0. The van der Waals surface area contributed by atoms with E-state index in [0.717, 1.165) is 12.1 Å². The van der Waals surface area contributed by atoms with Crippen molar-refractivity contribution in [2.75, 3.05) is 5.32 Å². The molecule has 1 atom stereocenters. The van der Waals surface area contributed by atoms with Crippen LogP contribution in [0.4, 0.5) is 5.69 Å². The third-order valence-corrected chi connectivity index (χ3v) is 2.01. The van der Waals surface area contributed by atoms with Crippen molar-refractivity contribution in [1.29, 1.82) is 0 Å². The van der Waals surface area contributed by atoms with E-state index in [2.05, 4.69) is 23.3 Å². The van der Waals surface area contributed by atoms with Crippen LogP contribution in [0.5, 0.6) is 0 Å². The highest BCUT2D eigenvalue weighted by Gasteiger charge is 2.16. The Bertz CT molecular complexity index is 281. The summed E-state index contributed by atoms with van der Waals surface area (Å²) in [6.07, 6.45) is 1.07. The lowest BCUT2D eigenvalue weighted by Gasteiger charge is -2.00. The minimum atomic E-state index is 0.555. The van der Waals surface area contributed by atoms with Gasteiger partial charge in [-0.05, 0) is 26.0 Å². The molecule has 2 heterocycles. The van der Waals surface area contributed by atoms with Gasteiger partial charge in [0.05, 0.1) is 11.4 Å². The largest absolute Gasteiger partial charge is 0.381 e. The molecule has 1 aliphatic rings. The number of nitrogens with one attached hydrogen (secondary N) is 1. The van der Waals surface area contributed by atoms with E-state index in [-0.39, 0.29) is 0 Å². The maximum absolute atomic E-state index is 4.44. The summed E-state index contributed by atoms with van der Waals surface area (Å²) in [6, 6.07) is 4.71. The molecule has 0 bridgehead atoms. The molecule has 2 nitrogen and oxygen atoms in total. The first kappa shape index (κ1) is 6.65. The van der Waals surface area contributed by atoms with E-state index in [9.17, 15) is 0 Å². The normalized spacial score (nSPS) is 21.1. The van der Waals surface area contributed by atoms with Gasteiger partial charge in [0.2, 0.25) is 0 Å². The zero-order chi connectivity index (χ0) is 7.84. The highest BCUT2D eigenvalue weighted by atomic mass is 15.0. The zero-order valence-corrected chi connectivity index (χ0v) is 6.89. The average Bonchev–Trinajstić information content (AvgIpc) is 2.27. The molecule has 2 rings (SSSR count). The van der Waals surface area contributed by atoms with Crippen molar-refractivity contribution >= 4 is 5.69 Å². The molecule has 0 saturated heterocycles. The summed E-state index contributed by atoms with van der Waals surface area (Å²) in [5, 5.41) is 3.36. The maximum Gasteiger partial charge on any atom is 0.0658 e. The molecular formula is C9H12N2. The van der Waals surface area contributed by atoms with Gasteiger partial charge in [0.1, 0.15) is 0 Å². The number of aryl methyl sites for hydroxylation is 1. The first-order valence-corrected chi connectivity index (χ1v) is 3.99. The van der Waals surface area contributed by atoms with Crippen molar-refractivity contribution < 1.29 is 0 Å². The summed E-state index contributed by atoms with van der Waals surface area (Å²) in [4.78, 5) is 4.44. The second-order valence-electron chi connectivity index (χ2n) is 3.20. The molecule has 1 aromatic heterocycles. The van der Waals surface area contributed by atoms with Crippen LogP contribution in [-0.4, -0.2) is 11.0 Å². The zero-order valence-electron chi connectivity index (χ0n) is 6.89. The molecule has 1 aromatic rings. The standard InChI is InChI=1S/C9H12N2/c1-6-3-4-8-9(10-6)5-7(2)11-8/h3-4,7,11H,5H2,1-2H3. The molecule has 0 radical (unpaired) electrons. The van der Waals surface area contributed by atoms with Gasteiger partial charge >= 0.3 is 0 Å². The lowest BCUT2D eigenvalue weighted by molar-refractivity contribution is 0.822. The molecule has 0 saturated carbocycles. The van der Waals surface area contributed by atoms with E-state index in [4.69, 9.17) is 0 Å². The van der Waals surface area contributed by atoms with E-state index in [0.29, 0.717) is 6.04 Å². The number of nitrogens with zero attached hydrogens (tertiary/aromatic N) is 1. The van der Waals surface area contributed by atoms with Gasteiger partial charge in [-0.25, -0.2) is 0 Å². The fraction of sp³-hybridized carbons (Fsp3) is 0.444. The van der Waals surface area contributed by atoms with Crippen LogP contribution in [0.1, 0.15) is 18.3 Å². The average molecular weight is 148 g/mol. The Morgan fingerprint density at radius 2 is 2.36 bits per heavy atom. The smallest absolute Gasteiger partial charge is 0.0658 e. The van der Waals surface area contributed by atoms with Crippen LogP contribution in [0.2, 0.25) is 0 Å². The van der Waals surface area contributed by atoms with Gasteiger partial charge in [-0.1, -0.05) is 0 Å². The monoisotopic (exact) mass is 148 g/mol. The van der Waals surface area contributed by atoms with Crippen LogP contribution in [-0.2, 0) is 6.42 Å². The maximum atomic E-state index is 4.44. The first-order valence-electron chi connectivity index (χ1n) is 3.99.